The molecule has 42 heavy (non-hydrogen) atoms. The van der Waals surface area contributed by atoms with Gasteiger partial charge in [-0.1, -0.05) is 158 Å². The van der Waals surface area contributed by atoms with Crippen LogP contribution in [-0.4, -0.2) is 0 Å². The SMILES string of the molecule is C1=CC2=CC(c3c4ccccc4c(-c4cccc(-c5ccc(-c6ccccc6)cc5)c4)c4ccccc34)=CCC2C=C1. The second-order valence-corrected chi connectivity index (χ2v) is 11.3. The molecule has 0 saturated carbocycles. The summed E-state index contributed by atoms with van der Waals surface area (Å²) in [7, 11) is 0. The van der Waals surface area contributed by atoms with Gasteiger partial charge in [0.2, 0.25) is 0 Å². The molecule has 0 bridgehead atoms. The molecule has 0 nitrogen and oxygen atoms in total. The highest BCUT2D eigenvalue weighted by Gasteiger charge is 2.21. The van der Waals surface area contributed by atoms with Crippen LogP contribution < -0.4 is 0 Å². The number of allylic oxidation sites excluding steroid dienone is 8. The number of hydrogen-bond donors (Lipinski definition) is 0. The Kier molecular flexibility index (Phi) is 6.04. The summed E-state index contributed by atoms with van der Waals surface area (Å²) in [5.41, 5.74) is 11.5. The summed E-state index contributed by atoms with van der Waals surface area (Å²) in [6, 6.07) is 46.5. The van der Waals surface area contributed by atoms with Crippen molar-refractivity contribution in [3.8, 4) is 33.4 Å². The van der Waals surface area contributed by atoms with Gasteiger partial charge < -0.3 is 0 Å². The van der Waals surface area contributed by atoms with Gasteiger partial charge in [0.05, 0.1) is 0 Å². The normalized spacial score (nSPS) is 15.9. The van der Waals surface area contributed by atoms with Crippen molar-refractivity contribution in [2.24, 2.45) is 5.92 Å². The zero-order valence-electron chi connectivity index (χ0n) is 23.4. The molecule has 6 aromatic rings. The number of benzene rings is 6. The van der Waals surface area contributed by atoms with Gasteiger partial charge in [0, 0.05) is 5.92 Å². The Hall–Kier alpha value is -5.20. The number of fused-ring (bicyclic) bond motifs is 3. The van der Waals surface area contributed by atoms with E-state index in [0.29, 0.717) is 5.92 Å². The second kappa shape index (κ2) is 10.3. The molecule has 0 radical (unpaired) electrons. The smallest absolute Gasteiger partial charge is 0.00561 e. The molecule has 8 rings (SSSR count). The highest BCUT2D eigenvalue weighted by Crippen LogP contribution is 2.44. The minimum atomic E-state index is 0.486. The van der Waals surface area contributed by atoms with Crippen LogP contribution in [0.1, 0.15) is 12.0 Å². The lowest BCUT2D eigenvalue weighted by Gasteiger charge is -2.24. The van der Waals surface area contributed by atoms with Crippen molar-refractivity contribution in [1.29, 1.82) is 0 Å². The van der Waals surface area contributed by atoms with E-state index in [4.69, 9.17) is 0 Å². The van der Waals surface area contributed by atoms with E-state index in [0.717, 1.165) is 6.42 Å². The van der Waals surface area contributed by atoms with Crippen LogP contribution >= 0.6 is 0 Å². The molecule has 0 aliphatic heterocycles. The third-order valence-corrected chi connectivity index (χ3v) is 8.78. The maximum absolute atomic E-state index is 2.44. The van der Waals surface area contributed by atoms with Crippen LogP contribution in [0.25, 0.3) is 60.5 Å². The molecule has 2 aliphatic carbocycles. The standard InChI is InChI=1S/C42H30/c1-2-11-29(12-3-1)31-21-23-32(24-22-31)34-15-10-16-35(27-34)41-37-17-6-8-19-39(37)42(40-20-9-7-18-38(40)41)36-26-25-30-13-4-5-14-33(30)28-36/h1-24,26-28,30H,25H2. The molecule has 1 atom stereocenters. The van der Waals surface area contributed by atoms with E-state index in [1.165, 1.54) is 71.6 Å². The molecule has 0 N–H and O–H groups in total. The first-order valence-corrected chi connectivity index (χ1v) is 14.8. The van der Waals surface area contributed by atoms with Crippen LogP contribution in [0, 0.1) is 5.92 Å². The third kappa shape index (κ3) is 4.24. The van der Waals surface area contributed by atoms with Gasteiger partial charge in [-0.25, -0.2) is 0 Å². The average Bonchev–Trinajstić information content (AvgIpc) is 3.07. The summed E-state index contributed by atoms with van der Waals surface area (Å²) in [4.78, 5) is 0. The Balaban J connectivity index is 1.29. The molecule has 198 valence electrons. The highest BCUT2D eigenvalue weighted by atomic mass is 14.2. The van der Waals surface area contributed by atoms with Gasteiger partial charge in [-0.3, -0.25) is 0 Å². The Labute approximate surface area is 247 Å². The second-order valence-electron chi connectivity index (χ2n) is 11.3. The summed E-state index contributed by atoms with van der Waals surface area (Å²) in [6.07, 6.45) is 14.8. The van der Waals surface area contributed by atoms with Crippen molar-refractivity contribution >= 4 is 27.1 Å². The van der Waals surface area contributed by atoms with Crippen LogP contribution in [-0.2, 0) is 0 Å². The lowest BCUT2D eigenvalue weighted by molar-refractivity contribution is 0.783. The third-order valence-electron chi connectivity index (χ3n) is 8.78. The van der Waals surface area contributed by atoms with Crippen LogP contribution in [0.15, 0.2) is 169 Å². The van der Waals surface area contributed by atoms with Gasteiger partial charge >= 0.3 is 0 Å². The number of rotatable bonds is 4. The first-order chi connectivity index (χ1) is 20.8. The Morgan fingerprint density at radius 2 is 1.00 bits per heavy atom. The maximum Gasteiger partial charge on any atom is 0.00561 e. The number of hydrogen-bond acceptors (Lipinski definition) is 0. The van der Waals surface area contributed by atoms with Gasteiger partial charge in [0.25, 0.3) is 0 Å². The fraction of sp³-hybridized carbons (Fsp3) is 0.0476. The molecule has 0 spiro atoms. The van der Waals surface area contributed by atoms with Gasteiger partial charge in [-0.2, -0.15) is 0 Å². The van der Waals surface area contributed by atoms with E-state index < -0.39 is 0 Å². The lowest BCUT2D eigenvalue weighted by Crippen LogP contribution is -2.06. The molecule has 0 heteroatoms. The highest BCUT2D eigenvalue weighted by molar-refractivity contribution is 6.19. The van der Waals surface area contributed by atoms with Crippen molar-refractivity contribution in [1.82, 2.24) is 0 Å². The minimum Gasteiger partial charge on any atom is -0.0767 e. The summed E-state index contributed by atoms with van der Waals surface area (Å²) < 4.78 is 0. The van der Waals surface area contributed by atoms with E-state index in [1.807, 2.05) is 0 Å². The monoisotopic (exact) mass is 534 g/mol. The molecule has 2 aliphatic rings. The molecule has 0 saturated heterocycles. The van der Waals surface area contributed by atoms with Gasteiger partial charge in [-0.05, 0) is 84.1 Å². The van der Waals surface area contributed by atoms with E-state index >= 15 is 0 Å². The van der Waals surface area contributed by atoms with Crippen molar-refractivity contribution < 1.29 is 0 Å². The quantitative estimate of drug-likeness (QED) is 0.197. The van der Waals surface area contributed by atoms with Crippen LogP contribution in [0.5, 0.6) is 0 Å². The zero-order chi connectivity index (χ0) is 27.9. The van der Waals surface area contributed by atoms with E-state index in [1.54, 1.807) is 0 Å². The largest absolute Gasteiger partial charge is 0.0767 e. The lowest BCUT2D eigenvalue weighted by atomic mass is 9.80. The summed E-state index contributed by atoms with van der Waals surface area (Å²) in [5, 5.41) is 5.20. The van der Waals surface area contributed by atoms with Gasteiger partial charge in [0.15, 0.2) is 0 Å². The van der Waals surface area contributed by atoms with Gasteiger partial charge in [0.1, 0.15) is 0 Å². The zero-order valence-corrected chi connectivity index (χ0v) is 23.4. The van der Waals surface area contributed by atoms with E-state index in [2.05, 4.69) is 164 Å². The van der Waals surface area contributed by atoms with Crippen molar-refractivity contribution in [2.45, 2.75) is 6.42 Å². The minimum absolute atomic E-state index is 0.486. The predicted molar refractivity (Wildman–Crippen MR) is 180 cm³/mol. The first kappa shape index (κ1) is 24.6. The molecule has 0 aromatic heterocycles. The summed E-state index contributed by atoms with van der Waals surface area (Å²) in [6.45, 7) is 0. The van der Waals surface area contributed by atoms with Crippen molar-refractivity contribution in [3.05, 3.63) is 175 Å². The summed E-state index contributed by atoms with van der Waals surface area (Å²) in [5.74, 6) is 0.486. The van der Waals surface area contributed by atoms with Crippen molar-refractivity contribution in [2.75, 3.05) is 0 Å². The average molecular weight is 535 g/mol. The maximum atomic E-state index is 2.44. The first-order valence-electron chi connectivity index (χ1n) is 14.8. The van der Waals surface area contributed by atoms with Crippen LogP contribution in [0.3, 0.4) is 0 Å². The van der Waals surface area contributed by atoms with Crippen LogP contribution in [0.4, 0.5) is 0 Å². The Bertz CT molecular complexity index is 2030. The molecular formula is C42H30. The molecule has 0 amide bonds. The Morgan fingerprint density at radius 3 is 1.69 bits per heavy atom. The fourth-order valence-electron chi connectivity index (χ4n) is 6.73. The molecule has 0 fully saturated rings. The van der Waals surface area contributed by atoms with E-state index in [-0.39, 0.29) is 0 Å². The van der Waals surface area contributed by atoms with Crippen LogP contribution in [0.2, 0.25) is 0 Å². The predicted octanol–water partition coefficient (Wildman–Crippen LogP) is 11.4. The van der Waals surface area contributed by atoms with Gasteiger partial charge in [-0.15, -0.1) is 0 Å². The molecule has 1 unspecified atom stereocenters. The molecular weight excluding hydrogens is 504 g/mol. The van der Waals surface area contributed by atoms with Crippen molar-refractivity contribution in [3.63, 3.8) is 0 Å². The molecule has 6 aromatic carbocycles. The Morgan fingerprint density at radius 1 is 0.452 bits per heavy atom. The summed E-state index contributed by atoms with van der Waals surface area (Å²) >= 11 is 0. The topological polar surface area (TPSA) is 0 Å². The molecule has 0 heterocycles. The fourth-order valence-corrected chi connectivity index (χ4v) is 6.73. The van der Waals surface area contributed by atoms with E-state index in [9.17, 15) is 0 Å².